The molecule has 0 amide bonds. The maximum Gasteiger partial charge on any atom is 0.581 e. The maximum absolute atomic E-state index is 13.7. The predicted octanol–water partition coefficient (Wildman–Crippen LogP) is 5.97. The zero-order chi connectivity index (χ0) is 34.5. The summed E-state index contributed by atoms with van der Waals surface area (Å²) in [6.45, 7) is 0. The molecule has 0 fully saturated rings. The van der Waals surface area contributed by atoms with Crippen molar-refractivity contribution in [3.8, 4) is 0 Å². The van der Waals surface area contributed by atoms with Crippen molar-refractivity contribution in [1.29, 1.82) is 0 Å². The van der Waals surface area contributed by atoms with Crippen molar-refractivity contribution >= 4 is 0 Å². The van der Waals surface area contributed by atoms with Crippen LogP contribution in [-0.2, 0) is 0 Å². The molecule has 1 nitrogen and oxygen atoms in total. The first-order valence-corrected chi connectivity index (χ1v) is 8.19. The van der Waals surface area contributed by atoms with E-state index in [1.54, 1.807) is 0 Å². The number of halogens is 29. The molecule has 0 unspecified atom stereocenters. The molecule has 0 aromatic heterocycles. The van der Waals surface area contributed by atoms with Gasteiger partial charge in [-0.15, -0.1) is 48.3 Å². The second kappa shape index (κ2) is 9.90. The fourth-order valence-electron chi connectivity index (χ4n) is 2.47. The van der Waals surface area contributed by atoms with Gasteiger partial charge in [-0.2, -0.15) is 74.6 Å². The molecule has 0 heterocycles. The number of alkyl halides is 28. The first-order valence-electron chi connectivity index (χ1n) is 8.19. The minimum Gasteiger partial charge on any atom is -1.00 e. The lowest BCUT2D eigenvalue weighted by atomic mass is 9.88. The van der Waals surface area contributed by atoms with E-state index in [0.717, 1.165) is 0 Å². The second-order valence-electron chi connectivity index (χ2n) is 7.13. The molecule has 0 aliphatic carbocycles. The Morgan fingerprint density at radius 3 is 0.571 bits per heavy atom. The first-order chi connectivity index (χ1) is 17.0. The highest BCUT2D eigenvalue weighted by Gasteiger charge is 3.05. The van der Waals surface area contributed by atoms with Crippen molar-refractivity contribution in [2.24, 2.45) is 0 Å². The van der Waals surface area contributed by atoms with Gasteiger partial charge in [0.1, 0.15) is 0 Å². The van der Waals surface area contributed by atoms with Crippen LogP contribution < -0.4 is 12.4 Å². The molecule has 256 valence electrons. The molecule has 0 saturated carbocycles. The standard InChI is InChI=1S/C12F28N.ClH/c13-1(14,2(15,16)4(19,20)6(23,24)8(27,28)29)3(17,18)5(21,22)7(25,26)9(30,31)41(10(32,33)34,11(35,36)37)12(38,39)40;/h;1H/q+1;/p-1. The van der Waals surface area contributed by atoms with Crippen molar-refractivity contribution in [1.82, 2.24) is 0 Å². The normalized spacial score (nSPS) is 16.9. The van der Waals surface area contributed by atoms with Crippen LogP contribution in [0.3, 0.4) is 0 Å². The van der Waals surface area contributed by atoms with Crippen molar-refractivity contribution in [2.45, 2.75) is 72.6 Å². The molecular formula is C12ClF28N. The average Bonchev–Trinajstić information content (AvgIpc) is 2.62. The highest BCUT2D eigenvalue weighted by atomic mass is 35.5. The number of hydrogen-bond donors (Lipinski definition) is 0. The predicted molar refractivity (Wildman–Crippen MR) is 64.1 cm³/mol. The third-order valence-corrected chi connectivity index (χ3v) is 4.66. The van der Waals surface area contributed by atoms with Gasteiger partial charge in [-0.3, -0.25) is 0 Å². The number of rotatable bonds is 8. The van der Waals surface area contributed by atoms with E-state index in [1.807, 2.05) is 0 Å². The zero-order valence-corrected chi connectivity index (χ0v) is 18.2. The van der Waals surface area contributed by atoms with Gasteiger partial charge in [-0.25, -0.2) is 0 Å². The molecule has 0 saturated heterocycles. The molecule has 0 aliphatic heterocycles. The van der Waals surface area contributed by atoms with E-state index in [9.17, 15) is 123 Å². The highest BCUT2D eigenvalue weighted by molar-refractivity contribution is 5.16. The maximum atomic E-state index is 13.7. The molecule has 0 aromatic rings. The van der Waals surface area contributed by atoms with Gasteiger partial charge in [-0.1, -0.05) is 0 Å². The Morgan fingerprint density at radius 2 is 0.405 bits per heavy atom. The zero-order valence-electron chi connectivity index (χ0n) is 17.4. The van der Waals surface area contributed by atoms with Crippen LogP contribution in [0.4, 0.5) is 123 Å². The molecule has 0 rings (SSSR count). The topological polar surface area (TPSA) is 0 Å². The van der Waals surface area contributed by atoms with E-state index in [0.29, 0.717) is 0 Å². The van der Waals surface area contributed by atoms with Crippen LogP contribution in [-0.4, -0.2) is 77.1 Å². The molecule has 42 heavy (non-hydrogen) atoms. The smallest absolute Gasteiger partial charge is 0.581 e. The van der Waals surface area contributed by atoms with Crippen molar-refractivity contribution < 1.29 is 140 Å². The SMILES string of the molecule is FC(F)(F)C(F)(F)C(F)(F)C(F)(F)C(F)(F)C(F)(F)C(F)(F)C(F)(F)C(F)(F)[N+](C(F)(F)F)(C(F)(F)F)C(F)(F)F.[Cl-]. The van der Waals surface area contributed by atoms with Gasteiger partial charge in [0.05, 0.1) is 0 Å². The van der Waals surface area contributed by atoms with Crippen LogP contribution in [0.15, 0.2) is 0 Å². The van der Waals surface area contributed by atoms with E-state index < -0.39 is 77.1 Å². The lowest BCUT2D eigenvalue weighted by molar-refractivity contribution is -1.22. The summed E-state index contributed by atoms with van der Waals surface area (Å²) in [7, 11) is 0. The minimum absolute atomic E-state index is 0. The summed E-state index contributed by atoms with van der Waals surface area (Å²) in [5.74, 6) is -67.4. The van der Waals surface area contributed by atoms with Crippen molar-refractivity contribution in [2.75, 3.05) is 0 Å². The van der Waals surface area contributed by atoms with Gasteiger partial charge in [-0.05, 0) is 0 Å². The summed E-state index contributed by atoms with van der Waals surface area (Å²) in [6, 6.07) is -10.1. The minimum atomic E-state index is -10.1. The van der Waals surface area contributed by atoms with Gasteiger partial charge < -0.3 is 12.4 Å². The molecule has 0 radical (unpaired) electrons. The Balaban J connectivity index is 0. The van der Waals surface area contributed by atoms with Gasteiger partial charge in [0.15, 0.2) is 0 Å². The lowest BCUT2D eigenvalue weighted by Gasteiger charge is -2.48. The summed E-state index contributed by atoms with van der Waals surface area (Å²) in [6.07, 6.45) is -35.9. The van der Waals surface area contributed by atoms with E-state index in [4.69, 9.17) is 0 Å². The average molecular weight is 726 g/mol. The number of quaternary nitrogens is 1. The van der Waals surface area contributed by atoms with E-state index in [2.05, 4.69) is 0 Å². The molecule has 0 aliphatic rings. The number of nitrogens with zero attached hydrogens (tertiary/aromatic N) is 1. The van der Waals surface area contributed by atoms with Crippen LogP contribution in [0.25, 0.3) is 0 Å². The summed E-state index contributed by atoms with van der Waals surface area (Å²) in [5.41, 5.74) is 0. The van der Waals surface area contributed by atoms with Gasteiger partial charge in [0, 0.05) is 4.48 Å². The van der Waals surface area contributed by atoms with E-state index in [-0.39, 0.29) is 12.4 Å². The van der Waals surface area contributed by atoms with Crippen LogP contribution in [0, 0.1) is 0 Å². The van der Waals surface area contributed by atoms with Crippen LogP contribution >= 0.6 is 0 Å². The summed E-state index contributed by atoms with van der Waals surface area (Å²) < 4.78 is 354. The third kappa shape index (κ3) is 4.71. The Labute approximate surface area is 214 Å². The highest BCUT2D eigenvalue weighted by Crippen LogP contribution is 2.69. The molecular weight excluding hydrogens is 726 g/mol. The summed E-state index contributed by atoms with van der Waals surface area (Å²) in [4.78, 5) is 0. The van der Waals surface area contributed by atoms with Crippen molar-refractivity contribution in [3.63, 3.8) is 0 Å². The lowest BCUT2D eigenvalue weighted by Crippen LogP contribution is -3.00. The Kier molecular flexibility index (Phi) is 10.00. The Morgan fingerprint density at radius 1 is 0.238 bits per heavy atom. The van der Waals surface area contributed by atoms with Crippen LogP contribution in [0.1, 0.15) is 0 Å². The fraction of sp³-hybridized carbons (Fsp3) is 1.00. The molecule has 0 aromatic carbocycles. The fourth-order valence-corrected chi connectivity index (χ4v) is 2.47. The quantitative estimate of drug-likeness (QED) is 0.165. The molecule has 0 spiro atoms. The number of hydrogen-bond acceptors (Lipinski definition) is 0. The Hall–Kier alpha value is -1.71. The molecule has 0 atom stereocenters. The molecule has 0 bridgehead atoms. The van der Waals surface area contributed by atoms with E-state index >= 15 is 0 Å². The van der Waals surface area contributed by atoms with Crippen molar-refractivity contribution in [3.05, 3.63) is 0 Å². The molecule has 0 N–H and O–H groups in total. The summed E-state index contributed by atoms with van der Waals surface area (Å²) in [5, 5.41) is 0. The first kappa shape index (κ1) is 42.4. The van der Waals surface area contributed by atoms with Gasteiger partial charge in [0.25, 0.3) is 0 Å². The summed E-state index contributed by atoms with van der Waals surface area (Å²) >= 11 is 0. The van der Waals surface area contributed by atoms with Gasteiger partial charge >= 0.3 is 72.6 Å². The largest absolute Gasteiger partial charge is 1.00 e. The van der Waals surface area contributed by atoms with Gasteiger partial charge in [0.2, 0.25) is 0 Å². The monoisotopic (exact) mass is 725 g/mol. The molecule has 30 heteroatoms. The van der Waals surface area contributed by atoms with Crippen LogP contribution in [0.5, 0.6) is 0 Å². The third-order valence-electron chi connectivity index (χ3n) is 4.66. The van der Waals surface area contributed by atoms with E-state index in [1.165, 1.54) is 0 Å². The Bertz CT molecular complexity index is 921. The van der Waals surface area contributed by atoms with Crippen LogP contribution in [0.2, 0.25) is 0 Å². The second-order valence-corrected chi connectivity index (χ2v) is 7.13.